The minimum absolute atomic E-state index is 0.0434. The Balaban J connectivity index is 1.58. The number of amides is 1. The van der Waals surface area contributed by atoms with E-state index in [1.807, 2.05) is 36.4 Å². The van der Waals surface area contributed by atoms with E-state index in [1.165, 1.54) is 18.5 Å². The Morgan fingerprint density at radius 3 is 2.56 bits per heavy atom. The maximum absolute atomic E-state index is 12.4. The van der Waals surface area contributed by atoms with Crippen LogP contribution in [0.3, 0.4) is 0 Å². The number of ether oxygens (including phenoxy) is 1. The molecular weight excluding hydrogens is 312 g/mol. The van der Waals surface area contributed by atoms with Crippen molar-refractivity contribution >= 4 is 17.3 Å². The van der Waals surface area contributed by atoms with E-state index in [2.05, 4.69) is 29.3 Å². The van der Waals surface area contributed by atoms with Crippen molar-refractivity contribution in [3.8, 4) is 5.75 Å². The molecule has 0 aromatic heterocycles. The predicted octanol–water partition coefficient (Wildman–Crippen LogP) is 4.43. The smallest absolute Gasteiger partial charge is 0.224 e. The normalized spacial score (nSPS) is 15.0. The topological polar surface area (TPSA) is 41.6 Å². The summed E-state index contributed by atoms with van der Waals surface area (Å²) in [4.78, 5) is 14.8. The van der Waals surface area contributed by atoms with E-state index in [0.29, 0.717) is 6.42 Å². The molecule has 2 aromatic rings. The molecule has 1 unspecified atom stereocenters. The van der Waals surface area contributed by atoms with Crippen LogP contribution in [0.25, 0.3) is 0 Å². The Morgan fingerprint density at radius 2 is 1.88 bits per heavy atom. The molecule has 132 valence electrons. The first-order valence-corrected chi connectivity index (χ1v) is 8.94. The molecule has 1 saturated heterocycles. The number of nitrogens with one attached hydrogen (secondary N) is 1. The van der Waals surface area contributed by atoms with Crippen molar-refractivity contribution in [2.24, 2.45) is 0 Å². The number of hydrogen-bond acceptors (Lipinski definition) is 3. The zero-order valence-corrected chi connectivity index (χ0v) is 15.0. The summed E-state index contributed by atoms with van der Waals surface area (Å²) in [6.45, 7) is 4.28. The van der Waals surface area contributed by atoms with Gasteiger partial charge in [-0.1, -0.05) is 25.1 Å². The van der Waals surface area contributed by atoms with Crippen molar-refractivity contribution in [1.29, 1.82) is 0 Å². The van der Waals surface area contributed by atoms with Gasteiger partial charge in [-0.15, -0.1) is 0 Å². The Kier molecular flexibility index (Phi) is 5.59. The molecule has 25 heavy (non-hydrogen) atoms. The van der Waals surface area contributed by atoms with Gasteiger partial charge in [0.25, 0.3) is 0 Å². The van der Waals surface area contributed by atoms with Crippen LogP contribution >= 0.6 is 0 Å². The number of methoxy groups -OCH3 is 1. The van der Waals surface area contributed by atoms with E-state index in [-0.39, 0.29) is 11.8 Å². The monoisotopic (exact) mass is 338 g/mol. The quantitative estimate of drug-likeness (QED) is 0.847. The van der Waals surface area contributed by atoms with Crippen LogP contribution in [0.1, 0.15) is 37.7 Å². The summed E-state index contributed by atoms with van der Waals surface area (Å²) in [7, 11) is 1.65. The molecule has 1 atom stereocenters. The zero-order chi connectivity index (χ0) is 17.6. The van der Waals surface area contributed by atoms with Crippen molar-refractivity contribution in [1.82, 2.24) is 0 Å². The van der Waals surface area contributed by atoms with E-state index in [9.17, 15) is 4.79 Å². The van der Waals surface area contributed by atoms with Gasteiger partial charge in [0.05, 0.1) is 7.11 Å². The van der Waals surface area contributed by atoms with Crippen LogP contribution in [0.15, 0.2) is 48.5 Å². The van der Waals surface area contributed by atoms with Crippen LogP contribution in [0, 0.1) is 0 Å². The van der Waals surface area contributed by atoms with Crippen molar-refractivity contribution in [3.63, 3.8) is 0 Å². The number of anilines is 2. The van der Waals surface area contributed by atoms with Gasteiger partial charge in [-0.2, -0.15) is 0 Å². The Hall–Kier alpha value is -2.49. The average Bonchev–Trinajstić information content (AvgIpc) is 3.16. The summed E-state index contributed by atoms with van der Waals surface area (Å²) >= 11 is 0. The van der Waals surface area contributed by atoms with Crippen LogP contribution in [0.2, 0.25) is 0 Å². The number of hydrogen-bond donors (Lipinski definition) is 1. The third-order valence-corrected chi connectivity index (χ3v) is 4.78. The number of benzene rings is 2. The molecule has 1 fully saturated rings. The minimum Gasteiger partial charge on any atom is -0.497 e. The highest BCUT2D eigenvalue weighted by molar-refractivity contribution is 5.91. The van der Waals surface area contributed by atoms with Gasteiger partial charge < -0.3 is 15.0 Å². The SMILES string of the molecule is COc1ccc(C(C)CC(=O)Nc2cccc(N3CCCC3)c2)cc1. The van der Waals surface area contributed by atoms with Crippen LogP contribution in [-0.2, 0) is 4.79 Å². The molecule has 1 aliphatic heterocycles. The molecule has 1 amide bonds. The summed E-state index contributed by atoms with van der Waals surface area (Å²) in [6.07, 6.45) is 2.95. The molecule has 3 rings (SSSR count). The molecule has 1 heterocycles. The zero-order valence-electron chi connectivity index (χ0n) is 15.0. The lowest BCUT2D eigenvalue weighted by Crippen LogP contribution is -2.18. The summed E-state index contributed by atoms with van der Waals surface area (Å²) in [5.41, 5.74) is 3.21. The van der Waals surface area contributed by atoms with E-state index in [4.69, 9.17) is 4.74 Å². The number of rotatable bonds is 6. The van der Waals surface area contributed by atoms with Crippen LogP contribution in [0.4, 0.5) is 11.4 Å². The fourth-order valence-electron chi connectivity index (χ4n) is 3.30. The fourth-order valence-corrected chi connectivity index (χ4v) is 3.30. The molecule has 4 heteroatoms. The third-order valence-electron chi connectivity index (χ3n) is 4.78. The molecule has 0 saturated carbocycles. The second-order valence-electron chi connectivity index (χ2n) is 6.67. The first-order valence-electron chi connectivity index (χ1n) is 8.94. The number of carbonyl (C=O) groups excluding carboxylic acids is 1. The van der Waals surface area contributed by atoms with Gasteiger partial charge in [0.2, 0.25) is 5.91 Å². The van der Waals surface area contributed by atoms with Crippen molar-refractivity contribution < 1.29 is 9.53 Å². The maximum Gasteiger partial charge on any atom is 0.224 e. The van der Waals surface area contributed by atoms with Gasteiger partial charge in [0.1, 0.15) is 5.75 Å². The molecule has 4 nitrogen and oxygen atoms in total. The summed E-state index contributed by atoms with van der Waals surface area (Å²) in [6, 6.07) is 16.1. The van der Waals surface area contributed by atoms with E-state index in [0.717, 1.165) is 30.1 Å². The van der Waals surface area contributed by atoms with Gasteiger partial charge in [0.15, 0.2) is 0 Å². The Morgan fingerprint density at radius 1 is 1.16 bits per heavy atom. The largest absolute Gasteiger partial charge is 0.497 e. The first-order chi connectivity index (χ1) is 12.2. The Bertz CT molecular complexity index is 706. The summed E-state index contributed by atoms with van der Waals surface area (Å²) < 4.78 is 5.18. The summed E-state index contributed by atoms with van der Waals surface area (Å²) in [5.74, 6) is 1.04. The lowest BCUT2D eigenvalue weighted by molar-refractivity contribution is -0.116. The third kappa shape index (κ3) is 4.53. The Labute approximate surface area is 149 Å². The number of nitrogens with zero attached hydrogens (tertiary/aromatic N) is 1. The van der Waals surface area contributed by atoms with Crippen molar-refractivity contribution in [2.45, 2.75) is 32.1 Å². The van der Waals surface area contributed by atoms with Gasteiger partial charge in [-0.25, -0.2) is 0 Å². The molecular formula is C21H26N2O2. The molecule has 2 aromatic carbocycles. The van der Waals surface area contributed by atoms with Gasteiger partial charge in [0, 0.05) is 30.9 Å². The standard InChI is InChI=1S/C21H26N2O2/c1-16(17-8-10-20(25-2)11-9-17)14-21(24)22-18-6-5-7-19(15-18)23-12-3-4-13-23/h5-11,15-16H,3-4,12-14H2,1-2H3,(H,22,24). The maximum atomic E-state index is 12.4. The van der Waals surface area contributed by atoms with E-state index in [1.54, 1.807) is 7.11 Å². The van der Waals surface area contributed by atoms with Crippen molar-refractivity contribution in [3.05, 3.63) is 54.1 Å². The molecule has 1 aliphatic rings. The van der Waals surface area contributed by atoms with Gasteiger partial charge in [-0.05, 0) is 54.7 Å². The fraction of sp³-hybridized carbons (Fsp3) is 0.381. The van der Waals surface area contributed by atoms with E-state index < -0.39 is 0 Å². The number of carbonyl (C=O) groups is 1. The molecule has 0 aliphatic carbocycles. The highest BCUT2D eigenvalue weighted by Crippen LogP contribution is 2.25. The van der Waals surface area contributed by atoms with Crippen molar-refractivity contribution in [2.75, 3.05) is 30.4 Å². The van der Waals surface area contributed by atoms with Crippen LogP contribution < -0.4 is 15.0 Å². The predicted molar refractivity (Wildman–Crippen MR) is 103 cm³/mol. The second-order valence-corrected chi connectivity index (χ2v) is 6.67. The lowest BCUT2D eigenvalue weighted by atomic mass is 9.97. The van der Waals surface area contributed by atoms with Crippen LogP contribution in [-0.4, -0.2) is 26.1 Å². The lowest BCUT2D eigenvalue weighted by Gasteiger charge is -2.19. The highest BCUT2D eigenvalue weighted by atomic mass is 16.5. The second kappa shape index (κ2) is 8.06. The summed E-state index contributed by atoms with van der Waals surface area (Å²) in [5, 5.41) is 3.04. The van der Waals surface area contributed by atoms with Gasteiger partial charge in [-0.3, -0.25) is 4.79 Å². The molecule has 0 bridgehead atoms. The highest BCUT2D eigenvalue weighted by Gasteiger charge is 2.14. The first kappa shape index (κ1) is 17.3. The van der Waals surface area contributed by atoms with Gasteiger partial charge >= 0.3 is 0 Å². The molecule has 0 spiro atoms. The molecule has 0 radical (unpaired) electrons. The average molecular weight is 338 g/mol. The minimum atomic E-state index is 0.0434. The van der Waals surface area contributed by atoms with Crippen LogP contribution in [0.5, 0.6) is 5.75 Å². The van der Waals surface area contributed by atoms with E-state index >= 15 is 0 Å². The molecule has 1 N–H and O–H groups in total.